The second-order valence-corrected chi connectivity index (χ2v) is 7.27. The number of carbonyl (C=O) groups excluding carboxylic acids is 2. The highest BCUT2D eigenvalue weighted by atomic mass is 16.5. The lowest BCUT2D eigenvalue weighted by Crippen LogP contribution is -2.41. The SMILES string of the molecule is COc1ccc(CNC(=O)c2nc(C(=O)N3CCOCC3)c3n2CCCC3)cc1. The minimum absolute atomic E-state index is 0.104. The fourth-order valence-electron chi connectivity index (χ4n) is 3.81. The molecular weight excluding hydrogens is 372 g/mol. The Bertz CT molecular complexity index is 885. The average molecular weight is 398 g/mol. The summed E-state index contributed by atoms with van der Waals surface area (Å²) in [4.78, 5) is 32.1. The van der Waals surface area contributed by atoms with E-state index < -0.39 is 0 Å². The van der Waals surface area contributed by atoms with E-state index in [4.69, 9.17) is 9.47 Å². The van der Waals surface area contributed by atoms with Crippen molar-refractivity contribution < 1.29 is 19.1 Å². The number of rotatable bonds is 5. The molecule has 8 nitrogen and oxygen atoms in total. The van der Waals surface area contributed by atoms with Gasteiger partial charge in [0, 0.05) is 26.2 Å². The van der Waals surface area contributed by atoms with Gasteiger partial charge >= 0.3 is 0 Å². The molecule has 29 heavy (non-hydrogen) atoms. The molecule has 0 aliphatic carbocycles. The second-order valence-electron chi connectivity index (χ2n) is 7.27. The van der Waals surface area contributed by atoms with Crippen LogP contribution in [0.25, 0.3) is 0 Å². The van der Waals surface area contributed by atoms with E-state index in [1.54, 1.807) is 12.0 Å². The van der Waals surface area contributed by atoms with Crippen molar-refractivity contribution in [1.29, 1.82) is 0 Å². The molecule has 1 aromatic heterocycles. The van der Waals surface area contributed by atoms with E-state index in [9.17, 15) is 9.59 Å². The van der Waals surface area contributed by atoms with Crippen LogP contribution in [0, 0.1) is 0 Å². The van der Waals surface area contributed by atoms with Crippen molar-refractivity contribution in [2.24, 2.45) is 0 Å². The maximum absolute atomic E-state index is 13.0. The highest BCUT2D eigenvalue weighted by Crippen LogP contribution is 2.23. The largest absolute Gasteiger partial charge is 0.497 e. The predicted molar refractivity (Wildman–Crippen MR) is 106 cm³/mol. The average Bonchev–Trinajstić information content (AvgIpc) is 3.18. The number of ether oxygens (including phenoxy) is 2. The van der Waals surface area contributed by atoms with E-state index in [2.05, 4.69) is 10.3 Å². The Morgan fingerprint density at radius 2 is 1.90 bits per heavy atom. The van der Waals surface area contributed by atoms with Gasteiger partial charge in [0.1, 0.15) is 11.4 Å². The van der Waals surface area contributed by atoms with Crippen LogP contribution in [0.5, 0.6) is 5.75 Å². The van der Waals surface area contributed by atoms with Crippen LogP contribution < -0.4 is 10.1 Å². The summed E-state index contributed by atoms with van der Waals surface area (Å²) >= 11 is 0. The van der Waals surface area contributed by atoms with Gasteiger partial charge in [0.15, 0.2) is 5.82 Å². The molecule has 0 spiro atoms. The Balaban J connectivity index is 1.52. The zero-order valence-corrected chi connectivity index (χ0v) is 16.6. The molecule has 2 aliphatic rings. The standard InChI is InChI=1S/C21H26N4O4/c1-28-16-7-5-15(6-8-16)14-22-20(26)19-23-18(17-4-2-3-9-25(17)19)21(27)24-10-12-29-13-11-24/h5-8H,2-4,9-14H2,1H3,(H,22,26). The van der Waals surface area contributed by atoms with Gasteiger partial charge in [0.2, 0.25) is 0 Å². The molecule has 1 N–H and O–H groups in total. The number of carbonyl (C=O) groups is 2. The molecule has 2 aliphatic heterocycles. The lowest BCUT2D eigenvalue weighted by molar-refractivity contribution is 0.0298. The zero-order chi connectivity index (χ0) is 20.2. The minimum Gasteiger partial charge on any atom is -0.497 e. The molecular formula is C21H26N4O4. The highest BCUT2D eigenvalue weighted by Gasteiger charge is 2.30. The van der Waals surface area contributed by atoms with Crippen molar-refractivity contribution in [3.05, 3.63) is 47.0 Å². The molecule has 0 unspecified atom stereocenters. The number of benzene rings is 1. The van der Waals surface area contributed by atoms with Crippen LogP contribution in [0.4, 0.5) is 0 Å². The number of imidazole rings is 1. The number of hydrogen-bond donors (Lipinski definition) is 1. The Hall–Kier alpha value is -2.87. The Morgan fingerprint density at radius 3 is 2.62 bits per heavy atom. The van der Waals surface area contributed by atoms with Crippen LogP contribution in [-0.2, 0) is 24.2 Å². The van der Waals surface area contributed by atoms with Crippen molar-refractivity contribution in [3.8, 4) is 5.75 Å². The quantitative estimate of drug-likeness (QED) is 0.827. The molecule has 0 bridgehead atoms. The third kappa shape index (κ3) is 4.12. The summed E-state index contributed by atoms with van der Waals surface area (Å²) in [5, 5.41) is 2.93. The smallest absolute Gasteiger partial charge is 0.287 e. The molecule has 1 saturated heterocycles. The van der Waals surface area contributed by atoms with Gasteiger partial charge < -0.3 is 24.3 Å². The molecule has 2 amide bonds. The third-order valence-electron chi connectivity index (χ3n) is 5.43. The van der Waals surface area contributed by atoms with Crippen LogP contribution >= 0.6 is 0 Å². The topological polar surface area (TPSA) is 85.7 Å². The predicted octanol–water partition coefficient (Wildman–Crippen LogP) is 1.63. The van der Waals surface area contributed by atoms with Gasteiger partial charge in [0.25, 0.3) is 11.8 Å². The zero-order valence-electron chi connectivity index (χ0n) is 16.6. The number of fused-ring (bicyclic) bond motifs is 1. The summed E-state index contributed by atoms with van der Waals surface area (Å²) in [6.07, 6.45) is 2.75. The minimum atomic E-state index is -0.259. The van der Waals surface area contributed by atoms with Crippen molar-refractivity contribution >= 4 is 11.8 Å². The van der Waals surface area contributed by atoms with Crippen LogP contribution in [0.15, 0.2) is 24.3 Å². The normalized spacial score (nSPS) is 16.2. The van der Waals surface area contributed by atoms with Crippen LogP contribution in [0.2, 0.25) is 0 Å². The lowest BCUT2D eigenvalue weighted by atomic mass is 10.1. The van der Waals surface area contributed by atoms with Gasteiger partial charge in [-0.2, -0.15) is 0 Å². The maximum atomic E-state index is 13.0. The molecule has 0 saturated carbocycles. The van der Waals surface area contributed by atoms with Crippen molar-refractivity contribution in [3.63, 3.8) is 0 Å². The number of aromatic nitrogens is 2. The van der Waals surface area contributed by atoms with Gasteiger partial charge in [-0.05, 0) is 37.0 Å². The summed E-state index contributed by atoms with van der Waals surface area (Å²) in [7, 11) is 1.62. The van der Waals surface area contributed by atoms with Crippen LogP contribution in [0.1, 0.15) is 45.2 Å². The van der Waals surface area contributed by atoms with Crippen molar-refractivity contribution in [2.45, 2.75) is 32.4 Å². The molecule has 4 rings (SSSR count). The molecule has 2 aromatic rings. The number of hydrogen-bond acceptors (Lipinski definition) is 5. The molecule has 1 aromatic carbocycles. The van der Waals surface area contributed by atoms with Crippen LogP contribution in [-0.4, -0.2) is 59.7 Å². The molecule has 1 fully saturated rings. The first-order valence-corrected chi connectivity index (χ1v) is 10.0. The van der Waals surface area contributed by atoms with Crippen molar-refractivity contribution in [1.82, 2.24) is 19.8 Å². The first-order valence-electron chi connectivity index (χ1n) is 10.0. The van der Waals surface area contributed by atoms with Crippen molar-refractivity contribution in [2.75, 3.05) is 33.4 Å². The van der Waals surface area contributed by atoms with Gasteiger partial charge in [-0.3, -0.25) is 9.59 Å². The molecule has 154 valence electrons. The highest BCUT2D eigenvalue weighted by molar-refractivity contribution is 5.97. The van der Waals surface area contributed by atoms with E-state index >= 15 is 0 Å². The van der Waals surface area contributed by atoms with E-state index in [1.807, 2.05) is 28.8 Å². The van der Waals surface area contributed by atoms with Gasteiger partial charge in [-0.1, -0.05) is 12.1 Å². The van der Waals surface area contributed by atoms with E-state index in [0.29, 0.717) is 50.9 Å². The monoisotopic (exact) mass is 398 g/mol. The number of methoxy groups -OCH3 is 1. The molecule has 0 atom stereocenters. The molecule has 3 heterocycles. The molecule has 8 heteroatoms. The molecule has 0 radical (unpaired) electrons. The Kier molecular flexibility index (Phi) is 5.80. The number of nitrogens with one attached hydrogen (secondary N) is 1. The van der Waals surface area contributed by atoms with Gasteiger partial charge in [-0.15, -0.1) is 0 Å². The number of nitrogens with zero attached hydrogens (tertiary/aromatic N) is 3. The van der Waals surface area contributed by atoms with E-state index in [1.165, 1.54) is 0 Å². The Morgan fingerprint density at radius 1 is 1.14 bits per heavy atom. The van der Waals surface area contributed by atoms with Crippen LogP contribution in [0.3, 0.4) is 0 Å². The van der Waals surface area contributed by atoms with Gasteiger partial charge in [0.05, 0.1) is 26.0 Å². The summed E-state index contributed by atoms with van der Waals surface area (Å²) in [6, 6.07) is 7.54. The third-order valence-corrected chi connectivity index (χ3v) is 5.43. The summed E-state index contributed by atoms with van der Waals surface area (Å²) in [5.74, 6) is 0.733. The fourth-order valence-corrected chi connectivity index (χ4v) is 3.81. The summed E-state index contributed by atoms with van der Waals surface area (Å²) in [6.45, 7) is 3.30. The first-order chi connectivity index (χ1) is 14.2. The first kappa shape index (κ1) is 19.4. The lowest BCUT2D eigenvalue weighted by Gasteiger charge is -2.26. The second kappa shape index (κ2) is 8.65. The number of amides is 2. The van der Waals surface area contributed by atoms with E-state index in [0.717, 1.165) is 36.3 Å². The maximum Gasteiger partial charge on any atom is 0.287 e. The fraction of sp³-hybridized carbons (Fsp3) is 0.476. The summed E-state index contributed by atoms with van der Waals surface area (Å²) in [5.41, 5.74) is 2.26. The number of morpholine rings is 1. The summed E-state index contributed by atoms with van der Waals surface area (Å²) < 4.78 is 12.4. The van der Waals surface area contributed by atoms with E-state index in [-0.39, 0.29) is 11.8 Å². The Labute approximate surface area is 169 Å². The van der Waals surface area contributed by atoms with Gasteiger partial charge in [-0.25, -0.2) is 4.98 Å².